The van der Waals surface area contributed by atoms with Crippen molar-refractivity contribution < 1.29 is 13.9 Å². The minimum atomic E-state index is -0.329. The molecule has 0 unspecified atom stereocenters. The maximum Gasteiger partial charge on any atom is 0.213 e. The smallest absolute Gasteiger partial charge is 0.213 e. The molecular weight excluding hydrogens is 559 g/mol. The summed E-state index contributed by atoms with van der Waals surface area (Å²) in [5.74, 6) is 1.88. The third-order valence-corrected chi connectivity index (χ3v) is 8.22. The number of tetrazole rings is 1. The van der Waals surface area contributed by atoms with Crippen LogP contribution in [0.2, 0.25) is 5.02 Å². The SMILES string of the molecule is Fc1cc(Cl)ccc1Cc1cccc(OC2CCN(Cc3nc4cc(-c5nnn[nH]5)ccc4n3C[C@@H]3CCO3)CC2)n1. The number of hydrogen-bond acceptors (Lipinski definition) is 8. The van der Waals surface area contributed by atoms with E-state index in [1.165, 1.54) is 6.07 Å². The normalized spacial score (nSPS) is 17.9. The number of nitrogens with zero attached hydrogens (tertiary/aromatic N) is 7. The van der Waals surface area contributed by atoms with Gasteiger partial charge >= 0.3 is 0 Å². The Morgan fingerprint density at radius 3 is 2.69 bits per heavy atom. The number of H-pyrrole nitrogens is 1. The highest BCUT2D eigenvalue weighted by Crippen LogP contribution is 2.27. The monoisotopic (exact) mass is 588 g/mol. The first kappa shape index (κ1) is 26.9. The number of fused-ring (bicyclic) bond motifs is 1. The lowest BCUT2D eigenvalue weighted by Crippen LogP contribution is -2.39. The number of aromatic nitrogens is 7. The number of piperidine rings is 1. The lowest BCUT2D eigenvalue weighted by Gasteiger charge is -2.32. The Bertz CT molecular complexity index is 1680. The Balaban J connectivity index is 1.00. The van der Waals surface area contributed by atoms with Crippen LogP contribution in [0, 0.1) is 5.82 Å². The van der Waals surface area contributed by atoms with Gasteiger partial charge in [-0.05, 0) is 71.7 Å². The second-order valence-electron chi connectivity index (χ2n) is 10.8. The number of likely N-dealkylation sites (tertiary alicyclic amines) is 1. The fourth-order valence-electron chi connectivity index (χ4n) is 5.60. The fourth-order valence-corrected chi connectivity index (χ4v) is 5.76. The number of halogens is 2. The first-order chi connectivity index (χ1) is 20.6. The van der Waals surface area contributed by atoms with Crippen LogP contribution < -0.4 is 4.74 Å². The second-order valence-corrected chi connectivity index (χ2v) is 11.3. The summed E-state index contributed by atoms with van der Waals surface area (Å²) in [4.78, 5) is 12.1. The quantitative estimate of drug-likeness (QED) is 0.261. The Kier molecular flexibility index (Phi) is 7.54. The van der Waals surface area contributed by atoms with Crippen LogP contribution in [0.25, 0.3) is 22.4 Å². The molecule has 7 rings (SSSR count). The van der Waals surface area contributed by atoms with E-state index in [4.69, 9.17) is 26.1 Å². The summed E-state index contributed by atoms with van der Waals surface area (Å²) >= 11 is 5.89. The second kappa shape index (κ2) is 11.7. The molecular formula is C30H30ClFN8O2. The molecule has 12 heteroatoms. The molecule has 0 amide bonds. The number of hydrogen-bond donors (Lipinski definition) is 1. The third-order valence-electron chi connectivity index (χ3n) is 7.98. The number of benzene rings is 2. The van der Waals surface area contributed by atoms with E-state index in [2.05, 4.69) is 41.1 Å². The van der Waals surface area contributed by atoms with Gasteiger partial charge in [0.15, 0.2) is 5.82 Å². The van der Waals surface area contributed by atoms with E-state index in [0.717, 1.165) is 80.2 Å². The average molecular weight is 589 g/mol. The molecule has 0 radical (unpaired) electrons. The van der Waals surface area contributed by atoms with Crippen LogP contribution >= 0.6 is 11.6 Å². The summed E-state index contributed by atoms with van der Waals surface area (Å²) in [7, 11) is 0. The zero-order chi connectivity index (χ0) is 28.5. The minimum absolute atomic E-state index is 0.0662. The van der Waals surface area contributed by atoms with E-state index >= 15 is 0 Å². The van der Waals surface area contributed by atoms with Crippen LogP contribution in [-0.4, -0.2) is 72.0 Å². The Morgan fingerprint density at radius 1 is 1.05 bits per heavy atom. The average Bonchev–Trinajstić information content (AvgIpc) is 3.62. The molecule has 5 aromatic rings. The van der Waals surface area contributed by atoms with Gasteiger partial charge in [0.25, 0.3) is 0 Å². The van der Waals surface area contributed by atoms with Crippen molar-refractivity contribution in [3.63, 3.8) is 0 Å². The van der Waals surface area contributed by atoms with Gasteiger partial charge in [-0.25, -0.2) is 19.5 Å². The number of imidazole rings is 1. The van der Waals surface area contributed by atoms with E-state index in [1.54, 1.807) is 12.1 Å². The predicted molar refractivity (Wildman–Crippen MR) is 155 cm³/mol. The maximum absolute atomic E-state index is 14.3. The Hall–Kier alpha value is -3.93. The van der Waals surface area contributed by atoms with Crippen molar-refractivity contribution in [3.05, 3.63) is 82.5 Å². The summed E-state index contributed by atoms with van der Waals surface area (Å²) in [5, 5.41) is 14.6. The van der Waals surface area contributed by atoms with Crippen LogP contribution in [0.5, 0.6) is 5.88 Å². The summed E-state index contributed by atoms with van der Waals surface area (Å²) in [6.07, 6.45) is 3.49. The van der Waals surface area contributed by atoms with Crippen LogP contribution in [0.1, 0.15) is 36.3 Å². The molecule has 5 heterocycles. The van der Waals surface area contributed by atoms with Gasteiger partial charge in [0.2, 0.25) is 5.88 Å². The van der Waals surface area contributed by atoms with Crippen molar-refractivity contribution in [1.29, 1.82) is 0 Å². The first-order valence-electron chi connectivity index (χ1n) is 14.2. The number of aromatic amines is 1. The molecule has 1 atom stereocenters. The summed E-state index contributed by atoms with van der Waals surface area (Å²) < 4.78 is 28.6. The number of rotatable bonds is 9. The van der Waals surface area contributed by atoms with Gasteiger partial charge in [-0.3, -0.25) is 4.90 Å². The standard InChI is InChI=1S/C30H30ClFN8O2/c31-21-6-4-19(25(32)16-21)14-22-2-1-3-29(33-22)42-23-8-11-39(12-9-23)18-28-34-26-15-20(30-35-37-38-36-30)5-7-27(26)40(28)17-24-10-13-41-24/h1-7,15-16,23-24H,8-14,17-18H2,(H,35,36,37,38)/t24-/m0/s1. The first-order valence-corrected chi connectivity index (χ1v) is 14.6. The molecule has 2 fully saturated rings. The molecule has 2 aromatic carbocycles. The van der Waals surface area contributed by atoms with E-state index in [0.29, 0.717) is 28.7 Å². The van der Waals surface area contributed by atoms with Crippen LogP contribution in [-0.2, 0) is 24.2 Å². The lowest BCUT2D eigenvalue weighted by molar-refractivity contribution is -0.0592. The van der Waals surface area contributed by atoms with Gasteiger partial charge < -0.3 is 14.0 Å². The summed E-state index contributed by atoms with van der Waals surface area (Å²) in [6, 6.07) is 16.5. The fraction of sp³-hybridized carbons (Fsp3) is 0.367. The highest BCUT2D eigenvalue weighted by Gasteiger charge is 2.26. The highest BCUT2D eigenvalue weighted by atomic mass is 35.5. The summed E-state index contributed by atoms with van der Waals surface area (Å²) in [6.45, 7) is 4.12. The van der Waals surface area contributed by atoms with Crippen molar-refractivity contribution in [2.75, 3.05) is 19.7 Å². The van der Waals surface area contributed by atoms with E-state index in [-0.39, 0.29) is 18.0 Å². The lowest BCUT2D eigenvalue weighted by atomic mass is 10.1. The van der Waals surface area contributed by atoms with Crippen LogP contribution in [0.4, 0.5) is 4.39 Å². The topological polar surface area (TPSA) is 107 Å². The van der Waals surface area contributed by atoms with Crippen molar-refractivity contribution in [3.8, 4) is 17.3 Å². The molecule has 0 bridgehead atoms. The van der Waals surface area contributed by atoms with Crippen molar-refractivity contribution in [2.24, 2.45) is 0 Å². The van der Waals surface area contributed by atoms with Gasteiger partial charge in [-0.2, -0.15) is 0 Å². The molecule has 2 saturated heterocycles. The molecule has 10 nitrogen and oxygen atoms in total. The minimum Gasteiger partial charge on any atom is -0.474 e. The molecule has 0 spiro atoms. The van der Waals surface area contributed by atoms with Gasteiger partial charge in [0.1, 0.15) is 17.7 Å². The predicted octanol–water partition coefficient (Wildman–Crippen LogP) is 4.83. The van der Waals surface area contributed by atoms with Crippen LogP contribution in [0.3, 0.4) is 0 Å². The molecule has 3 aromatic heterocycles. The van der Waals surface area contributed by atoms with Gasteiger partial charge in [-0.15, -0.1) is 5.10 Å². The van der Waals surface area contributed by atoms with Gasteiger partial charge in [-0.1, -0.05) is 23.7 Å². The van der Waals surface area contributed by atoms with Crippen LogP contribution in [0.15, 0.2) is 54.6 Å². The van der Waals surface area contributed by atoms with E-state index in [1.807, 2.05) is 30.3 Å². The molecule has 0 aliphatic carbocycles. The molecule has 42 heavy (non-hydrogen) atoms. The molecule has 0 saturated carbocycles. The van der Waals surface area contributed by atoms with Crippen molar-refractivity contribution in [1.82, 2.24) is 40.1 Å². The number of nitrogens with one attached hydrogen (secondary N) is 1. The third kappa shape index (κ3) is 5.85. The number of ether oxygens (including phenoxy) is 2. The van der Waals surface area contributed by atoms with Crippen molar-refractivity contribution >= 4 is 22.6 Å². The van der Waals surface area contributed by atoms with Gasteiger partial charge in [0.05, 0.1) is 30.2 Å². The van der Waals surface area contributed by atoms with E-state index in [9.17, 15) is 4.39 Å². The van der Waals surface area contributed by atoms with Crippen molar-refractivity contribution in [2.45, 2.75) is 51.0 Å². The van der Waals surface area contributed by atoms with Gasteiger partial charge in [0, 0.05) is 48.5 Å². The number of pyridine rings is 1. The highest BCUT2D eigenvalue weighted by molar-refractivity contribution is 6.30. The van der Waals surface area contributed by atoms with E-state index < -0.39 is 0 Å². The molecule has 1 N–H and O–H groups in total. The maximum atomic E-state index is 14.3. The molecule has 2 aliphatic rings. The largest absolute Gasteiger partial charge is 0.474 e. The Morgan fingerprint density at radius 2 is 1.93 bits per heavy atom. The zero-order valence-corrected chi connectivity index (χ0v) is 23.7. The molecule has 216 valence electrons. The summed E-state index contributed by atoms with van der Waals surface area (Å²) in [5.41, 5.74) is 4.21. The zero-order valence-electron chi connectivity index (χ0n) is 22.9. The Labute approximate surface area is 246 Å². The molecule has 2 aliphatic heterocycles.